The number of ether oxygens (including phenoxy) is 2. The minimum atomic E-state index is 0.136. The van der Waals surface area contributed by atoms with E-state index in [1.165, 1.54) is 108 Å². The van der Waals surface area contributed by atoms with E-state index in [2.05, 4.69) is 17.0 Å². The number of fused-ring (bicyclic) bond motifs is 1. The Balaban J connectivity index is 1.36. The number of nitrogens with zero attached hydrogens (tertiary/aromatic N) is 1. The van der Waals surface area contributed by atoms with Crippen molar-refractivity contribution in [1.29, 1.82) is 0 Å². The number of hydrogen-bond donors (Lipinski definition) is 0. The fourth-order valence-corrected chi connectivity index (χ4v) is 7.89. The summed E-state index contributed by atoms with van der Waals surface area (Å²) in [6, 6.07) is 14.0. The molecule has 0 spiro atoms. The topological polar surface area (TPSA) is 38.8 Å². The van der Waals surface area contributed by atoms with E-state index in [0.29, 0.717) is 12.5 Å². The molecule has 1 aliphatic heterocycles. The van der Waals surface area contributed by atoms with Gasteiger partial charge in [0.25, 0.3) is 0 Å². The molecule has 216 valence electrons. The molecule has 0 amide bonds. The highest BCUT2D eigenvalue weighted by Gasteiger charge is 2.26. The molecule has 2 heterocycles. The van der Waals surface area contributed by atoms with Crippen LogP contribution in [0.1, 0.15) is 117 Å². The second kappa shape index (κ2) is 15.0. The number of methoxy groups -OCH3 is 1. The number of piperidine rings is 1. The van der Waals surface area contributed by atoms with Crippen LogP contribution in [0.4, 0.5) is 0 Å². The van der Waals surface area contributed by atoms with Crippen LogP contribution < -0.4 is 9.47 Å². The molecule has 2 aliphatic rings. The SMILES string of the molecule is COc1ccc2c(C(=O)c3ccc(OCCN4CCCCC4)cc3)c(C3CCCCCCCCCCC3)sc2c1. The van der Waals surface area contributed by atoms with Crippen molar-refractivity contribution in [2.24, 2.45) is 0 Å². The van der Waals surface area contributed by atoms with Gasteiger partial charge >= 0.3 is 0 Å². The van der Waals surface area contributed by atoms with E-state index >= 15 is 0 Å². The maximum atomic E-state index is 14.2. The van der Waals surface area contributed by atoms with Crippen LogP contribution in [0.2, 0.25) is 0 Å². The molecule has 5 rings (SSSR count). The Morgan fingerprint density at radius 2 is 1.40 bits per heavy atom. The fourth-order valence-electron chi connectivity index (χ4n) is 6.49. The van der Waals surface area contributed by atoms with Gasteiger partial charge in [-0.1, -0.05) is 64.2 Å². The number of hydrogen-bond acceptors (Lipinski definition) is 5. The van der Waals surface area contributed by atoms with Crippen molar-refractivity contribution in [3.8, 4) is 11.5 Å². The van der Waals surface area contributed by atoms with Crippen molar-refractivity contribution in [2.75, 3.05) is 33.4 Å². The molecule has 1 saturated heterocycles. The quantitative estimate of drug-likeness (QED) is 0.257. The van der Waals surface area contributed by atoms with Crippen molar-refractivity contribution in [1.82, 2.24) is 4.90 Å². The number of carbonyl (C=O) groups excluding carboxylic acids is 1. The molecule has 5 heteroatoms. The second-order valence-corrected chi connectivity index (χ2v) is 12.8. The first-order chi connectivity index (χ1) is 19.7. The van der Waals surface area contributed by atoms with Gasteiger partial charge in [-0.25, -0.2) is 0 Å². The highest BCUT2D eigenvalue weighted by molar-refractivity contribution is 7.19. The lowest BCUT2D eigenvalue weighted by Crippen LogP contribution is -2.33. The summed E-state index contributed by atoms with van der Waals surface area (Å²) in [6.07, 6.45) is 18.2. The third kappa shape index (κ3) is 7.67. The van der Waals surface area contributed by atoms with Crippen molar-refractivity contribution in [3.05, 3.63) is 58.5 Å². The first kappa shape index (κ1) is 29.1. The normalized spacial score (nSPS) is 18.6. The number of rotatable bonds is 8. The average Bonchev–Trinajstić information content (AvgIpc) is 3.36. The Morgan fingerprint density at radius 1 is 0.800 bits per heavy atom. The molecular weight excluding hydrogens is 514 g/mol. The summed E-state index contributed by atoms with van der Waals surface area (Å²) in [6.45, 7) is 4.02. The third-order valence-electron chi connectivity index (χ3n) is 8.87. The maximum Gasteiger partial charge on any atom is 0.194 e. The van der Waals surface area contributed by atoms with Crippen LogP contribution in [0, 0.1) is 0 Å². The number of thiophene rings is 1. The monoisotopic (exact) mass is 561 g/mol. The minimum Gasteiger partial charge on any atom is -0.497 e. The van der Waals surface area contributed by atoms with E-state index in [4.69, 9.17) is 9.47 Å². The van der Waals surface area contributed by atoms with Gasteiger partial charge in [-0.3, -0.25) is 9.69 Å². The van der Waals surface area contributed by atoms with Crippen molar-refractivity contribution in [3.63, 3.8) is 0 Å². The van der Waals surface area contributed by atoms with E-state index in [9.17, 15) is 4.79 Å². The summed E-state index contributed by atoms with van der Waals surface area (Å²) in [4.78, 5) is 17.9. The molecule has 3 aromatic rings. The van der Waals surface area contributed by atoms with Gasteiger partial charge in [0.2, 0.25) is 0 Å². The molecule has 2 aromatic carbocycles. The molecule has 1 saturated carbocycles. The Bertz CT molecular complexity index is 1200. The lowest BCUT2D eigenvalue weighted by molar-refractivity contribution is 0.103. The van der Waals surface area contributed by atoms with Gasteiger partial charge < -0.3 is 9.47 Å². The highest BCUT2D eigenvalue weighted by atomic mass is 32.1. The number of likely N-dealkylation sites (tertiary alicyclic amines) is 1. The summed E-state index contributed by atoms with van der Waals surface area (Å²) >= 11 is 1.82. The van der Waals surface area contributed by atoms with Crippen molar-refractivity contribution < 1.29 is 14.3 Å². The van der Waals surface area contributed by atoms with Crippen LogP contribution in [-0.2, 0) is 0 Å². The molecule has 0 unspecified atom stereocenters. The van der Waals surface area contributed by atoms with Crippen molar-refractivity contribution >= 4 is 27.2 Å². The van der Waals surface area contributed by atoms with Gasteiger partial charge in [0.1, 0.15) is 18.1 Å². The fraction of sp³-hybridized carbons (Fsp3) is 0.571. The summed E-state index contributed by atoms with van der Waals surface area (Å²) < 4.78 is 12.7. The number of carbonyl (C=O) groups is 1. The van der Waals surface area contributed by atoms with Gasteiger partial charge in [-0.05, 0) is 87.2 Å². The predicted octanol–water partition coefficient (Wildman–Crippen LogP) is 9.39. The second-order valence-electron chi connectivity index (χ2n) is 11.8. The maximum absolute atomic E-state index is 14.2. The van der Waals surface area contributed by atoms with Crippen LogP contribution in [-0.4, -0.2) is 44.0 Å². The zero-order valence-electron chi connectivity index (χ0n) is 24.4. The van der Waals surface area contributed by atoms with E-state index in [-0.39, 0.29) is 5.78 Å². The van der Waals surface area contributed by atoms with Crippen molar-refractivity contribution in [2.45, 2.75) is 95.8 Å². The van der Waals surface area contributed by atoms with E-state index in [1.807, 2.05) is 41.7 Å². The van der Waals surface area contributed by atoms with Gasteiger partial charge in [-0.15, -0.1) is 11.3 Å². The molecule has 4 nitrogen and oxygen atoms in total. The predicted molar refractivity (Wildman–Crippen MR) is 168 cm³/mol. The number of benzene rings is 2. The molecule has 0 atom stereocenters. The Kier molecular flexibility index (Phi) is 10.9. The van der Waals surface area contributed by atoms with Crippen LogP contribution in [0.25, 0.3) is 10.1 Å². The zero-order valence-corrected chi connectivity index (χ0v) is 25.2. The van der Waals surface area contributed by atoms with Crippen LogP contribution >= 0.6 is 11.3 Å². The van der Waals surface area contributed by atoms with Gasteiger partial charge in [0.15, 0.2) is 5.78 Å². The first-order valence-corrected chi connectivity index (χ1v) is 16.6. The molecule has 2 fully saturated rings. The van der Waals surface area contributed by atoms with E-state index in [1.54, 1.807) is 7.11 Å². The molecule has 0 bridgehead atoms. The van der Waals surface area contributed by atoms with E-state index < -0.39 is 0 Å². The van der Waals surface area contributed by atoms with Gasteiger partial charge in [0, 0.05) is 32.6 Å². The Labute approximate surface area is 245 Å². The van der Waals surface area contributed by atoms with Crippen LogP contribution in [0.3, 0.4) is 0 Å². The number of ketones is 1. The van der Waals surface area contributed by atoms with Crippen LogP contribution in [0.15, 0.2) is 42.5 Å². The first-order valence-electron chi connectivity index (χ1n) is 15.8. The summed E-state index contributed by atoms with van der Waals surface area (Å²) in [5.41, 5.74) is 1.66. The third-order valence-corrected chi connectivity index (χ3v) is 10.2. The van der Waals surface area contributed by atoms with Gasteiger partial charge in [-0.2, -0.15) is 0 Å². The lowest BCUT2D eigenvalue weighted by Gasteiger charge is -2.26. The molecule has 40 heavy (non-hydrogen) atoms. The lowest BCUT2D eigenvalue weighted by atomic mass is 9.88. The summed E-state index contributed by atoms with van der Waals surface area (Å²) in [5, 5.41) is 1.07. The molecule has 1 aromatic heterocycles. The zero-order chi connectivity index (χ0) is 27.6. The minimum absolute atomic E-state index is 0.136. The summed E-state index contributed by atoms with van der Waals surface area (Å²) in [7, 11) is 1.71. The highest BCUT2D eigenvalue weighted by Crippen LogP contribution is 2.43. The standard InChI is InChI=1S/C35H47NO3S/c1-38-30-20-21-31-32(26-30)40-35(28-14-10-7-5-3-2-4-6-8-11-15-28)33(31)34(37)27-16-18-29(19-17-27)39-25-24-36-22-12-9-13-23-36/h16-21,26,28H,2-15,22-25H2,1H3. The largest absolute Gasteiger partial charge is 0.497 e. The smallest absolute Gasteiger partial charge is 0.194 e. The average molecular weight is 562 g/mol. The Hall–Kier alpha value is -2.37. The van der Waals surface area contributed by atoms with E-state index in [0.717, 1.165) is 39.3 Å². The Morgan fingerprint density at radius 3 is 2.05 bits per heavy atom. The molecule has 0 radical (unpaired) electrons. The van der Waals surface area contributed by atoms with Gasteiger partial charge in [0.05, 0.1) is 7.11 Å². The molecular formula is C35H47NO3S. The molecule has 0 N–H and O–H groups in total. The molecule has 1 aliphatic carbocycles. The summed E-state index contributed by atoms with van der Waals surface area (Å²) in [5.74, 6) is 2.27. The van der Waals surface area contributed by atoms with Crippen LogP contribution in [0.5, 0.6) is 11.5 Å².